The summed E-state index contributed by atoms with van der Waals surface area (Å²) in [4.78, 5) is 22.2. The number of phenolic OH excluding ortho intramolecular Hbond substituents is 1. The molecule has 0 aliphatic rings. The molecular formula is C17H17N3O6. The molecular weight excluding hydrogens is 342 g/mol. The Hall–Kier alpha value is -3.46. The number of non-ortho nitro benzene ring substituents is 1. The lowest BCUT2D eigenvalue weighted by Crippen LogP contribution is -2.25. The van der Waals surface area contributed by atoms with E-state index in [1.807, 2.05) is 0 Å². The van der Waals surface area contributed by atoms with Gasteiger partial charge in [0.2, 0.25) is 0 Å². The molecule has 3 N–H and O–H groups in total. The van der Waals surface area contributed by atoms with E-state index in [4.69, 9.17) is 4.74 Å². The topological polar surface area (TPSA) is 134 Å². The van der Waals surface area contributed by atoms with Crippen molar-refractivity contribution in [3.8, 4) is 11.5 Å². The Kier molecular flexibility index (Phi) is 6.23. The van der Waals surface area contributed by atoms with Gasteiger partial charge in [-0.15, -0.1) is 0 Å². The molecule has 0 saturated carbocycles. The van der Waals surface area contributed by atoms with Gasteiger partial charge in [0.15, 0.2) is 17.6 Å². The maximum Gasteiger partial charge on any atom is 0.274 e. The van der Waals surface area contributed by atoms with Crippen LogP contribution in [0.25, 0.3) is 0 Å². The molecule has 0 aliphatic carbocycles. The summed E-state index contributed by atoms with van der Waals surface area (Å²) in [6.07, 6.45) is -0.397. The van der Waals surface area contributed by atoms with Crippen molar-refractivity contribution in [3.63, 3.8) is 0 Å². The molecule has 0 heterocycles. The summed E-state index contributed by atoms with van der Waals surface area (Å²) in [6.45, 7) is 1.86. The van der Waals surface area contributed by atoms with E-state index in [0.29, 0.717) is 5.56 Å². The predicted octanol–water partition coefficient (Wildman–Crippen LogP) is 1.88. The molecule has 0 aliphatic heterocycles. The highest BCUT2D eigenvalue weighted by Gasteiger charge is 2.18. The third kappa shape index (κ3) is 4.54. The van der Waals surface area contributed by atoms with Gasteiger partial charge in [0.1, 0.15) is 0 Å². The Bertz CT molecular complexity index is 823. The summed E-state index contributed by atoms with van der Waals surface area (Å²) in [6, 6.07) is 10.4. The zero-order valence-electron chi connectivity index (χ0n) is 13.8. The van der Waals surface area contributed by atoms with E-state index in [1.54, 1.807) is 37.3 Å². The minimum Gasteiger partial charge on any atom is -0.504 e. The third-order valence-electron chi connectivity index (χ3n) is 3.34. The third-order valence-corrected chi connectivity index (χ3v) is 3.34. The molecule has 26 heavy (non-hydrogen) atoms. The van der Waals surface area contributed by atoms with E-state index in [-0.39, 0.29) is 29.4 Å². The van der Waals surface area contributed by atoms with Crippen LogP contribution in [0.4, 0.5) is 5.69 Å². The monoisotopic (exact) mass is 359 g/mol. The summed E-state index contributed by atoms with van der Waals surface area (Å²) in [7, 11) is 0. The number of aromatic hydroxyl groups is 1. The number of rotatable bonds is 7. The van der Waals surface area contributed by atoms with Crippen LogP contribution in [-0.2, 0) is 4.79 Å². The molecule has 0 aromatic heterocycles. The van der Waals surface area contributed by atoms with Crippen molar-refractivity contribution in [3.05, 3.63) is 63.7 Å². The molecule has 2 aromatic rings. The predicted molar refractivity (Wildman–Crippen MR) is 93.1 cm³/mol. The number of nitro groups is 1. The van der Waals surface area contributed by atoms with Crippen LogP contribution >= 0.6 is 0 Å². The number of amides is 1. The summed E-state index contributed by atoms with van der Waals surface area (Å²) < 4.78 is 5.15. The number of aliphatic hydroxyl groups is 1. The second-order valence-corrected chi connectivity index (χ2v) is 5.12. The van der Waals surface area contributed by atoms with Gasteiger partial charge in [0, 0.05) is 11.6 Å². The zero-order chi connectivity index (χ0) is 19.1. The van der Waals surface area contributed by atoms with E-state index in [2.05, 4.69) is 10.5 Å². The van der Waals surface area contributed by atoms with E-state index in [1.165, 1.54) is 0 Å². The minimum absolute atomic E-state index is 0.0165. The van der Waals surface area contributed by atoms with Crippen LogP contribution in [0.2, 0.25) is 0 Å². The van der Waals surface area contributed by atoms with Gasteiger partial charge >= 0.3 is 0 Å². The number of nitrogens with one attached hydrogen (secondary N) is 1. The molecule has 0 unspecified atom stereocenters. The maximum atomic E-state index is 11.9. The number of nitrogens with zero attached hydrogens (tertiary/aromatic N) is 2. The maximum absolute atomic E-state index is 11.9. The van der Waals surface area contributed by atoms with Crippen LogP contribution in [0, 0.1) is 10.1 Å². The van der Waals surface area contributed by atoms with Crippen molar-refractivity contribution in [2.45, 2.75) is 13.0 Å². The SMILES string of the molecule is CCOc1cc([N+](=O)[O-])cc(/C=N/NC(=O)[C@@H](O)c2ccccc2)c1O. The van der Waals surface area contributed by atoms with Crippen LogP contribution in [0.1, 0.15) is 24.2 Å². The van der Waals surface area contributed by atoms with Crippen LogP contribution < -0.4 is 10.2 Å². The van der Waals surface area contributed by atoms with Crippen LogP contribution in [0.5, 0.6) is 11.5 Å². The van der Waals surface area contributed by atoms with Crippen LogP contribution in [0.3, 0.4) is 0 Å². The lowest BCUT2D eigenvalue weighted by atomic mass is 10.1. The molecule has 2 aromatic carbocycles. The Balaban J connectivity index is 2.16. The van der Waals surface area contributed by atoms with Crippen LogP contribution in [-0.4, -0.2) is 33.9 Å². The zero-order valence-corrected chi connectivity index (χ0v) is 13.8. The fourth-order valence-electron chi connectivity index (χ4n) is 2.10. The second-order valence-electron chi connectivity index (χ2n) is 5.12. The lowest BCUT2D eigenvalue weighted by Gasteiger charge is -2.09. The van der Waals surface area contributed by atoms with Gasteiger partial charge in [-0.25, -0.2) is 5.43 Å². The number of hydrogen-bond acceptors (Lipinski definition) is 7. The van der Waals surface area contributed by atoms with Gasteiger partial charge in [0.25, 0.3) is 11.6 Å². The number of hydrazone groups is 1. The van der Waals surface area contributed by atoms with Crippen molar-refractivity contribution in [2.75, 3.05) is 6.61 Å². The molecule has 2 rings (SSSR count). The van der Waals surface area contributed by atoms with E-state index in [0.717, 1.165) is 18.3 Å². The number of carbonyl (C=O) groups is 1. The Morgan fingerprint density at radius 3 is 2.69 bits per heavy atom. The highest BCUT2D eigenvalue weighted by molar-refractivity contribution is 5.88. The van der Waals surface area contributed by atoms with Crippen LogP contribution in [0.15, 0.2) is 47.6 Å². The number of aliphatic hydroxyl groups excluding tert-OH is 1. The van der Waals surface area contributed by atoms with Crippen molar-refractivity contribution >= 4 is 17.8 Å². The summed E-state index contributed by atoms with van der Waals surface area (Å²) >= 11 is 0. The molecule has 136 valence electrons. The smallest absolute Gasteiger partial charge is 0.274 e. The summed E-state index contributed by atoms with van der Waals surface area (Å²) in [5.41, 5.74) is 2.18. The highest BCUT2D eigenvalue weighted by atomic mass is 16.6. The first-order chi connectivity index (χ1) is 12.4. The molecule has 0 fully saturated rings. The van der Waals surface area contributed by atoms with Crippen molar-refractivity contribution in [1.82, 2.24) is 5.43 Å². The summed E-state index contributed by atoms with van der Waals surface area (Å²) in [5, 5.41) is 34.6. The molecule has 9 nitrogen and oxygen atoms in total. The largest absolute Gasteiger partial charge is 0.504 e. The van der Waals surface area contributed by atoms with Crippen molar-refractivity contribution in [1.29, 1.82) is 0 Å². The first kappa shape index (κ1) is 18.9. The van der Waals surface area contributed by atoms with Gasteiger partial charge in [-0.05, 0) is 12.5 Å². The number of benzene rings is 2. The molecule has 1 amide bonds. The van der Waals surface area contributed by atoms with E-state index < -0.39 is 16.9 Å². The normalized spacial score (nSPS) is 11.9. The first-order valence-corrected chi connectivity index (χ1v) is 7.64. The van der Waals surface area contributed by atoms with Gasteiger partial charge in [-0.3, -0.25) is 14.9 Å². The fraction of sp³-hybridized carbons (Fsp3) is 0.176. The van der Waals surface area contributed by atoms with Crippen molar-refractivity contribution < 1.29 is 24.7 Å². The average Bonchev–Trinajstić information content (AvgIpc) is 2.64. The Labute approximate surface area is 148 Å². The number of phenols is 1. The number of hydrogen-bond donors (Lipinski definition) is 3. The first-order valence-electron chi connectivity index (χ1n) is 7.64. The van der Waals surface area contributed by atoms with Gasteiger partial charge in [0.05, 0.1) is 23.8 Å². The molecule has 0 spiro atoms. The molecule has 1 atom stereocenters. The molecule has 0 radical (unpaired) electrons. The number of carbonyl (C=O) groups excluding carboxylic acids is 1. The summed E-state index contributed by atoms with van der Waals surface area (Å²) in [5.74, 6) is -1.21. The van der Waals surface area contributed by atoms with Gasteiger partial charge < -0.3 is 14.9 Å². The second kappa shape index (κ2) is 8.58. The highest BCUT2D eigenvalue weighted by Crippen LogP contribution is 2.33. The van der Waals surface area contributed by atoms with E-state index in [9.17, 15) is 25.1 Å². The number of ether oxygens (including phenoxy) is 1. The Morgan fingerprint density at radius 1 is 1.38 bits per heavy atom. The average molecular weight is 359 g/mol. The van der Waals surface area contributed by atoms with Gasteiger partial charge in [-0.2, -0.15) is 5.10 Å². The fourth-order valence-corrected chi connectivity index (χ4v) is 2.10. The number of nitro benzene ring substituents is 1. The molecule has 9 heteroatoms. The minimum atomic E-state index is -1.42. The molecule has 0 bridgehead atoms. The Morgan fingerprint density at radius 2 is 2.08 bits per heavy atom. The van der Waals surface area contributed by atoms with Crippen molar-refractivity contribution in [2.24, 2.45) is 5.10 Å². The standard InChI is InChI=1S/C17H17N3O6/c1-2-26-14-9-13(20(24)25)8-12(15(14)21)10-18-19-17(23)16(22)11-6-4-3-5-7-11/h3-10,16,21-22H,2H2,1H3,(H,19,23)/b18-10+/t16-/m0/s1. The van der Waals surface area contributed by atoms with Gasteiger partial charge in [-0.1, -0.05) is 30.3 Å². The molecule has 0 saturated heterocycles. The lowest BCUT2D eigenvalue weighted by molar-refractivity contribution is -0.385. The quantitative estimate of drug-likeness (QED) is 0.392. The van der Waals surface area contributed by atoms with E-state index >= 15 is 0 Å².